The molecule has 2 fully saturated rings. The van der Waals surface area contributed by atoms with E-state index in [4.69, 9.17) is 0 Å². The molecule has 1 aromatic rings. The number of carbonyl (C=O) groups excluding carboxylic acids is 1. The zero-order chi connectivity index (χ0) is 17.7. The van der Waals surface area contributed by atoms with Gasteiger partial charge in [-0.1, -0.05) is 31.0 Å². The van der Waals surface area contributed by atoms with Gasteiger partial charge in [-0.2, -0.15) is 0 Å². The van der Waals surface area contributed by atoms with Gasteiger partial charge in [0.05, 0.1) is 12.1 Å². The highest BCUT2D eigenvalue weighted by atomic mass is 16.3. The Labute approximate surface area is 151 Å². The van der Waals surface area contributed by atoms with E-state index < -0.39 is 5.60 Å². The number of hydrogen-bond acceptors (Lipinski definition) is 3. The fourth-order valence-corrected chi connectivity index (χ4v) is 4.11. The van der Waals surface area contributed by atoms with Crippen LogP contribution in [0.15, 0.2) is 24.3 Å². The number of likely N-dealkylation sites (N-methyl/N-ethyl adjacent to an activating group) is 1. The van der Waals surface area contributed by atoms with E-state index in [9.17, 15) is 9.90 Å². The van der Waals surface area contributed by atoms with Gasteiger partial charge in [0.1, 0.15) is 0 Å². The van der Waals surface area contributed by atoms with Crippen LogP contribution in [-0.4, -0.2) is 48.3 Å². The minimum absolute atomic E-state index is 0.117. The third-order valence-electron chi connectivity index (χ3n) is 5.53. The van der Waals surface area contributed by atoms with E-state index in [1.807, 2.05) is 6.07 Å². The molecule has 138 valence electrons. The molecule has 1 saturated carbocycles. The Kier molecular flexibility index (Phi) is 5.84. The minimum Gasteiger partial charge on any atom is -0.388 e. The van der Waals surface area contributed by atoms with Gasteiger partial charge in [-0.05, 0) is 43.7 Å². The van der Waals surface area contributed by atoms with Crippen molar-refractivity contribution in [2.45, 2.75) is 57.1 Å². The maximum atomic E-state index is 12.4. The van der Waals surface area contributed by atoms with Crippen LogP contribution in [-0.2, 0) is 6.54 Å². The fraction of sp³-hybridized carbons (Fsp3) is 0.650. The number of piperidine rings is 1. The summed E-state index contributed by atoms with van der Waals surface area (Å²) < 4.78 is 0. The summed E-state index contributed by atoms with van der Waals surface area (Å²) in [5.74, 6) is 0. The second-order valence-corrected chi connectivity index (χ2v) is 7.62. The monoisotopic (exact) mass is 345 g/mol. The van der Waals surface area contributed by atoms with Gasteiger partial charge in [-0.3, -0.25) is 0 Å². The molecule has 2 N–H and O–H groups in total. The molecule has 0 bridgehead atoms. The largest absolute Gasteiger partial charge is 0.388 e. The van der Waals surface area contributed by atoms with Crippen LogP contribution in [0.2, 0.25) is 0 Å². The van der Waals surface area contributed by atoms with Crippen molar-refractivity contribution in [3.8, 4) is 0 Å². The van der Waals surface area contributed by atoms with Crippen molar-refractivity contribution in [1.82, 2.24) is 10.2 Å². The van der Waals surface area contributed by atoms with E-state index >= 15 is 0 Å². The molecular formula is C20H31N3O2. The fourth-order valence-electron chi connectivity index (χ4n) is 4.11. The summed E-state index contributed by atoms with van der Waals surface area (Å²) in [5, 5.41) is 13.5. The Morgan fingerprint density at radius 1 is 1.16 bits per heavy atom. The summed E-state index contributed by atoms with van der Waals surface area (Å²) in [7, 11) is 1.77. The average molecular weight is 345 g/mol. The highest BCUT2D eigenvalue weighted by molar-refractivity contribution is 5.74. The molecule has 0 spiro atoms. The predicted octanol–water partition coefficient (Wildman–Crippen LogP) is 3.12. The summed E-state index contributed by atoms with van der Waals surface area (Å²) in [4.78, 5) is 16.5. The van der Waals surface area contributed by atoms with Crippen molar-refractivity contribution in [3.63, 3.8) is 0 Å². The first-order valence-corrected chi connectivity index (χ1v) is 9.62. The lowest BCUT2D eigenvalue weighted by Crippen LogP contribution is -2.46. The standard InChI is InChI=1S/C20H31N3O2/c1-22(16-20(25)11-5-6-12-20)19(24)21-15-17-9-3-4-10-18(17)23-13-7-2-8-14-23/h3-4,9-10,25H,2,5-8,11-16H2,1H3,(H,21,24). The molecule has 0 radical (unpaired) electrons. The first-order valence-electron chi connectivity index (χ1n) is 9.62. The van der Waals surface area contributed by atoms with E-state index in [1.54, 1.807) is 11.9 Å². The molecule has 0 unspecified atom stereocenters. The van der Waals surface area contributed by atoms with Crippen LogP contribution >= 0.6 is 0 Å². The van der Waals surface area contributed by atoms with Gasteiger partial charge in [-0.15, -0.1) is 0 Å². The first kappa shape index (κ1) is 18.1. The van der Waals surface area contributed by atoms with Crippen LogP contribution < -0.4 is 10.2 Å². The summed E-state index contributed by atoms with van der Waals surface area (Å²) in [5.41, 5.74) is 1.70. The molecular weight excluding hydrogens is 314 g/mol. The van der Waals surface area contributed by atoms with E-state index in [2.05, 4.69) is 28.4 Å². The maximum Gasteiger partial charge on any atom is 0.317 e. The zero-order valence-corrected chi connectivity index (χ0v) is 15.3. The molecule has 5 nitrogen and oxygen atoms in total. The number of aliphatic hydroxyl groups is 1. The van der Waals surface area contributed by atoms with E-state index in [0.717, 1.165) is 44.3 Å². The summed E-state index contributed by atoms with van der Waals surface area (Å²) >= 11 is 0. The third kappa shape index (κ3) is 4.66. The van der Waals surface area contributed by atoms with Crippen molar-refractivity contribution in [3.05, 3.63) is 29.8 Å². The number of rotatable bonds is 5. The minimum atomic E-state index is -0.697. The molecule has 1 heterocycles. The number of carbonyl (C=O) groups is 1. The van der Waals surface area contributed by atoms with Crippen LogP contribution in [0.5, 0.6) is 0 Å². The van der Waals surface area contributed by atoms with Crippen LogP contribution in [0.25, 0.3) is 0 Å². The van der Waals surface area contributed by atoms with Gasteiger partial charge in [-0.25, -0.2) is 4.79 Å². The lowest BCUT2D eigenvalue weighted by Gasteiger charge is -2.31. The number of hydrogen-bond donors (Lipinski definition) is 2. The average Bonchev–Trinajstić information content (AvgIpc) is 3.06. The maximum absolute atomic E-state index is 12.4. The summed E-state index contributed by atoms with van der Waals surface area (Å²) in [6, 6.07) is 8.22. The van der Waals surface area contributed by atoms with Crippen molar-refractivity contribution >= 4 is 11.7 Å². The second kappa shape index (κ2) is 8.09. The zero-order valence-electron chi connectivity index (χ0n) is 15.3. The molecule has 2 amide bonds. The third-order valence-corrected chi connectivity index (χ3v) is 5.53. The van der Waals surface area contributed by atoms with E-state index in [-0.39, 0.29) is 6.03 Å². The number of urea groups is 1. The topological polar surface area (TPSA) is 55.8 Å². The Hall–Kier alpha value is -1.75. The SMILES string of the molecule is CN(CC1(O)CCCC1)C(=O)NCc1ccccc1N1CCCCC1. The summed E-state index contributed by atoms with van der Waals surface area (Å²) in [6.07, 6.45) is 7.47. The number of amides is 2. The molecule has 1 aliphatic heterocycles. The van der Waals surface area contributed by atoms with Crippen molar-refractivity contribution in [1.29, 1.82) is 0 Å². The van der Waals surface area contributed by atoms with Gasteiger partial charge in [0.2, 0.25) is 0 Å². The van der Waals surface area contributed by atoms with Gasteiger partial charge < -0.3 is 20.2 Å². The van der Waals surface area contributed by atoms with E-state index in [0.29, 0.717) is 13.1 Å². The normalized spacial score (nSPS) is 19.7. The van der Waals surface area contributed by atoms with Crippen LogP contribution in [0.1, 0.15) is 50.5 Å². The first-order chi connectivity index (χ1) is 12.1. The number of nitrogens with one attached hydrogen (secondary N) is 1. The Bertz CT molecular complexity index is 578. The van der Waals surface area contributed by atoms with Crippen LogP contribution in [0, 0.1) is 0 Å². The Morgan fingerprint density at radius 2 is 1.84 bits per heavy atom. The quantitative estimate of drug-likeness (QED) is 0.862. The molecule has 0 atom stereocenters. The molecule has 1 aliphatic carbocycles. The van der Waals surface area contributed by atoms with Crippen LogP contribution in [0.3, 0.4) is 0 Å². The second-order valence-electron chi connectivity index (χ2n) is 7.62. The van der Waals surface area contributed by atoms with Crippen LogP contribution in [0.4, 0.5) is 10.5 Å². The highest BCUT2D eigenvalue weighted by Crippen LogP contribution is 2.30. The number of nitrogens with zero attached hydrogens (tertiary/aromatic N) is 2. The smallest absolute Gasteiger partial charge is 0.317 e. The highest BCUT2D eigenvalue weighted by Gasteiger charge is 2.33. The van der Waals surface area contributed by atoms with E-state index in [1.165, 1.54) is 24.9 Å². The molecule has 5 heteroatoms. The van der Waals surface area contributed by atoms with Crippen molar-refractivity contribution in [2.75, 3.05) is 31.6 Å². The van der Waals surface area contributed by atoms with Gasteiger partial charge >= 0.3 is 6.03 Å². The number of benzene rings is 1. The molecule has 2 aliphatic rings. The van der Waals surface area contributed by atoms with Crippen molar-refractivity contribution in [2.24, 2.45) is 0 Å². The van der Waals surface area contributed by atoms with Gasteiger partial charge in [0, 0.05) is 32.4 Å². The Balaban J connectivity index is 1.56. The lowest BCUT2D eigenvalue weighted by atomic mass is 10.0. The molecule has 0 aromatic heterocycles. The number of para-hydroxylation sites is 1. The van der Waals surface area contributed by atoms with Crippen molar-refractivity contribution < 1.29 is 9.90 Å². The molecule has 1 saturated heterocycles. The molecule has 25 heavy (non-hydrogen) atoms. The summed E-state index contributed by atoms with van der Waals surface area (Å²) in [6.45, 7) is 3.12. The molecule has 1 aromatic carbocycles. The molecule has 3 rings (SSSR count). The van der Waals surface area contributed by atoms with Gasteiger partial charge in [0.25, 0.3) is 0 Å². The number of anilines is 1. The Morgan fingerprint density at radius 3 is 2.56 bits per heavy atom. The van der Waals surface area contributed by atoms with Gasteiger partial charge in [0.15, 0.2) is 0 Å². The predicted molar refractivity (Wildman–Crippen MR) is 101 cm³/mol. The lowest BCUT2D eigenvalue weighted by molar-refractivity contribution is 0.0247.